The number of carbonyl (C=O) groups excluding carboxylic acids is 1. The lowest BCUT2D eigenvalue weighted by atomic mass is 10.2. The molecule has 0 aliphatic rings. The molecule has 0 fully saturated rings. The Morgan fingerprint density at radius 1 is 1.28 bits per heavy atom. The highest BCUT2D eigenvalue weighted by molar-refractivity contribution is 7.71. The molecule has 0 saturated carbocycles. The van der Waals surface area contributed by atoms with E-state index in [-0.39, 0.29) is 5.91 Å². The van der Waals surface area contributed by atoms with E-state index in [9.17, 15) is 4.79 Å². The molecule has 92 valence electrons. The van der Waals surface area contributed by atoms with Crippen molar-refractivity contribution in [3.63, 3.8) is 0 Å². The summed E-state index contributed by atoms with van der Waals surface area (Å²) in [6, 6.07) is 10.8. The zero-order valence-electron chi connectivity index (χ0n) is 9.44. The van der Waals surface area contributed by atoms with Gasteiger partial charge in [0.2, 0.25) is 0 Å². The van der Waals surface area contributed by atoms with E-state index in [0.717, 1.165) is 5.56 Å². The van der Waals surface area contributed by atoms with E-state index in [4.69, 9.17) is 23.8 Å². The monoisotopic (exact) mass is 278 g/mol. The number of halogens is 1. The van der Waals surface area contributed by atoms with E-state index in [2.05, 4.69) is 10.3 Å². The summed E-state index contributed by atoms with van der Waals surface area (Å²) >= 11 is 11.0. The number of H-pyrrole nitrogens is 1. The Morgan fingerprint density at radius 3 is 2.78 bits per heavy atom. The van der Waals surface area contributed by atoms with Gasteiger partial charge < -0.3 is 10.3 Å². The van der Waals surface area contributed by atoms with Crippen LogP contribution in [0.25, 0.3) is 0 Å². The molecule has 0 atom stereocenters. The minimum Gasteiger partial charge on any atom is -0.352 e. The highest BCUT2D eigenvalue weighted by Gasteiger charge is 2.07. The van der Waals surface area contributed by atoms with Gasteiger partial charge in [-0.1, -0.05) is 42.0 Å². The first-order chi connectivity index (χ1) is 8.68. The van der Waals surface area contributed by atoms with Crippen LogP contribution in [-0.2, 0) is 6.54 Å². The molecule has 2 aromatic rings. The van der Waals surface area contributed by atoms with E-state index in [1.54, 1.807) is 24.4 Å². The number of aromatic nitrogens is 1. The summed E-state index contributed by atoms with van der Waals surface area (Å²) in [7, 11) is 0. The number of amides is 1. The Bertz CT molecular complexity index is 624. The molecule has 2 N–H and O–H groups in total. The number of benzene rings is 1. The number of carbonyl (C=O) groups is 1. The lowest BCUT2D eigenvalue weighted by Crippen LogP contribution is -2.23. The van der Waals surface area contributed by atoms with Crippen LogP contribution in [0, 0.1) is 4.64 Å². The van der Waals surface area contributed by atoms with Crippen molar-refractivity contribution in [1.29, 1.82) is 0 Å². The van der Waals surface area contributed by atoms with Crippen molar-refractivity contribution in [3.8, 4) is 0 Å². The number of hydrogen-bond acceptors (Lipinski definition) is 2. The van der Waals surface area contributed by atoms with Gasteiger partial charge in [0.05, 0.1) is 5.56 Å². The molecule has 18 heavy (non-hydrogen) atoms. The molecule has 1 heterocycles. The summed E-state index contributed by atoms with van der Waals surface area (Å²) in [4.78, 5) is 14.7. The SMILES string of the molecule is O=C(NCc1ccccc1Cl)c1ccc[nH]c1=S. The molecule has 0 aliphatic heterocycles. The minimum absolute atomic E-state index is 0.211. The Balaban J connectivity index is 2.08. The Hall–Kier alpha value is -1.65. The molecule has 0 bridgehead atoms. The first-order valence-electron chi connectivity index (χ1n) is 5.38. The fourth-order valence-electron chi connectivity index (χ4n) is 1.51. The second kappa shape index (κ2) is 5.80. The zero-order chi connectivity index (χ0) is 13.0. The van der Waals surface area contributed by atoms with Crippen molar-refractivity contribution in [2.45, 2.75) is 6.54 Å². The Kier molecular flexibility index (Phi) is 4.12. The molecule has 2 rings (SSSR count). The Labute approximate surface area is 115 Å². The second-order valence-corrected chi connectivity index (χ2v) is 4.50. The minimum atomic E-state index is -0.211. The molecule has 1 amide bonds. The van der Waals surface area contributed by atoms with Gasteiger partial charge in [-0.25, -0.2) is 0 Å². The van der Waals surface area contributed by atoms with Crippen LogP contribution in [0.1, 0.15) is 15.9 Å². The molecule has 5 heteroatoms. The van der Waals surface area contributed by atoms with Crippen molar-refractivity contribution in [3.05, 3.63) is 63.4 Å². The van der Waals surface area contributed by atoms with Crippen LogP contribution in [0.3, 0.4) is 0 Å². The van der Waals surface area contributed by atoms with Gasteiger partial charge in [-0.05, 0) is 23.8 Å². The maximum absolute atomic E-state index is 11.9. The molecular weight excluding hydrogens is 268 g/mol. The molecule has 1 aromatic carbocycles. The third kappa shape index (κ3) is 2.97. The fourth-order valence-corrected chi connectivity index (χ4v) is 1.94. The highest BCUT2D eigenvalue weighted by atomic mass is 35.5. The summed E-state index contributed by atoms with van der Waals surface area (Å²) in [5, 5.41) is 3.42. The van der Waals surface area contributed by atoms with Crippen LogP contribution in [0.5, 0.6) is 0 Å². The first kappa shape index (κ1) is 12.8. The highest BCUT2D eigenvalue weighted by Crippen LogP contribution is 2.14. The standard InChI is InChI=1S/C13H11ClN2OS/c14-11-6-2-1-4-9(11)8-16-12(17)10-5-3-7-15-13(10)18/h1-7H,8H2,(H,15,18)(H,16,17). The van der Waals surface area contributed by atoms with Crippen LogP contribution in [0.4, 0.5) is 0 Å². The summed E-state index contributed by atoms with van der Waals surface area (Å²) in [6.45, 7) is 0.377. The summed E-state index contributed by atoms with van der Waals surface area (Å²) in [5.74, 6) is -0.211. The van der Waals surface area contributed by atoms with Gasteiger partial charge in [0.1, 0.15) is 4.64 Å². The molecule has 0 radical (unpaired) electrons. The maximum Gasteiger partial charge on any atom is 0.254 e. The molecule has 1 aromatic heterocycles. The molecule has 0 saturated heterocycles. The fraction of sp³-hybridized carbons (Fsp3) is 0.0769. The number of pyridine rings is 1. The largest absolute Gasteiger partial charge is 0.352 e. The predicted molar refractivity (Wildman–Crippen MR) is 74.2 cm³/mol. The van der Waals surface area contributed by atoms with E-state index >= 15 is 0 Å². The Morgan fingerprint density at radius 2 is 2.06 bits per heavy atom. The van der Waals surface area contributed by atoms with Crippen molar-refractivity contribution in [2.75, 3.05) is 0 Å². The van der Waals surface area contributed by atoms with Gasteiger partial charge in [0.15, 0.2) is 0 Å². The van der Waals surface area contributed by atoms with Gasteiger partial charge >= 0.3 is 0 Å². The van der Waals surface area contributed by atoms with Crippen molar-refractivity contribution in [1.82, 2.24) is 10.3 Å². The van der Waals surface area contributed by atoms with Crippen molar-refractivity contribution >= 4 is 29.7 Å². The lowest BCUT2D eigenvalue weighted by Gasteiger charge is -2.06. The smallest absolute Gasteiger partial charge is 0.254 e. The van der Waals surface area contributed by atoms with Crippen LogP contribution in [0.15, 0.2) is 42.6 Å². The molecule has 3 nitrogen and oxygen atoms in total. The van der Waals surface area contributed by atoms with Crippen molar-refractivity contribution < 1.29 is 4.79 Å². The number of nitrogens with one attached hydrogen (secondary N) is 2. The molecular formula is C13H11ClN2OS. The summed E-state index contributed by atoms with van der Waals surface area (Å²) in [6.07, 6.45) is 1.69. The predicted octanol–water partition coefficient (Wildman–Crippen LogP) is 3.33. The second-order valence-electron chi connectivity index (χ2n) is 3.69. The third-order valence-electron chi connectivity index (χ3n) is 2.46. The number of hydrogen-bond donors (Lipinski definition) is 2. The van der Waals surface area contributed by atoms with Crippen LogP contribution < -0.4 is 5.32 Å². The van der Waals surface area contributed by atoms with Gasteiger partial charge in [-0.15, -0.1) is 0 Å². The van der Waals surface area contributed by atoms with Crippen LogP contribution >= 0.6 is 23.8 Å². The van der Waals surface area contributed by atoms with Gasteiger partial charge in [0.25, 0.3) is 5.91 Å². The quantitative estimate of drug-likeness (QED) is 0.846. The lowest BCUT2D eigenvalue weighted by molar-refractivity contribution is 0.0950. The normalized spacial score (nSPS) is 10.1. The van der Waals surface area contributed by atoms with E-state index in [1.165, 1.54) is 0 Å². The number of aromatic amines is 1. The average molecular weight is 279 g/mol. The van der Waals surface area contributed by atoms with Gasteiger partial charge in [0, 0.05) is 17.8 Å². The van der Waals surface area contributed by atoms with Crippen LogP contribution in [0.2, 0.25) is 5.02 Å². The topological polar surface area (TPSA) is 44.9 Å². The van der Waals surface area contributed by atoms with Crippen molar-refractivity contribution in [2.24, 2.45) is 0 Å². The van der Waals surface area contributed by atoms with E-state index < -0.39 is 0 Å². The van der Waals surface area contributed by atoms with Gasteiger partial charge in [-0.3, -0.25) is 4.79 Å². The molecule has 0 aliphatic carbocycles. The van der Waals surface area contributed by atoms with Gasteiger partial charge in [-0.2, -0.15) is 0 Å². The summed E-state index contributed by atoms with van der Waals surface area (Å²) < 4.78 is 0.425. The third-order valence-corrected chi connectivity index (χ3v) is 3.17. The van der Waals surface area contributed by atoms with E-state index in [0.29, 0.717) is 21.8 Å². The molecule has 0 unspecified atom stereocenters. The molecule has 0 spiro atoms. The zero-order valence-corrected chi connectivity index (χ0v) is 11.0. The van der Waals surface area contributed by atoms with E-state index in [1.807, 2.05) is 18.2 Å². The van der Waals surface area contributed by atoms with Crippen LogP contribution in [-0.4, -0.2) is 10.9 Å². The summed E-state index contributed by atoms with van der Waals surface area (Å²) in [5.41, 5.74) is 1.33. The average Bonchev–Trinajstić information content (AvgIpc) is 2.38. The maximum atomic E-state index is 11.9. The number of rotatable bonds is 3. The first-order valence-corrected chi connectivity index (χ1v) is 6.16.